The van der Waals surface area contributed by atoms with Gasteiger partial charge in [0.25, 0.3) is 0 Å². The van der Waals surface area contributed by atoms with Crippen LogP contribution in [0.3, 0.4) is 0 Å². The Balaban J connectivity index is 2.38. The summed E-state index contributed by atoms with van der Waals surface area (Å²) in [6, 6.07) is 0. The van der Waals surface area contributed by atoms with Gasteiger partial charge in [-0.1, -0.05) is 0 Å². The third kappa shape index (κ3) is 3.89. The van der Waals surface area contributed by atoms with Gasteiger partial charge >= 0.3 is 6.09 Å². The lowest BCUT2D eigenvalue weighted by molar-refractivity contribution is 0.0314. The summed E-state index contributed by atoms with van der Waals surface area (Å²) in [5.41, 5.74) is -0.393. The SMILES string of the molecule is CC(C)(C)OC(=O)N1[CH]CSCC1. The van der Waals surface area contributed by atoms with E-state index in [1.54, 1.807) is 4.90 Å². The maximum Gasteiger partial charge on any atom is 0.410 e. The topological polar surface area (TPSA) is 29.5 Å². The molecule has 0 aromatic rings. The molecule has 1 amide bonds. The monoisotopic (exact) mass is 202 g/mol. The van der Waals surface area contributed by atoms with Gasteiger partial charge in [0.1, 0.15) is 5.60 Å². The molecular weight excluding hydrogens is 186 g/mol. The molecule has 0 aromatic carbocycles. The molecule has 0 N–H and O–H groups in total. The molecule has 0 saturated carbocycles. The molecule has 0 spiro atoms. The number of carbonyl (C=O) groups excluding carboxylic acids is 1. The summed E-state index contributed by atoms with van der Waals surface area (Å²) in [5.74, 6) is 1.90. The van der Waals surface area contributed by atoms with E-state index in [4.69, 9.17) is 4.74 Å². The Morgan fingerprint density at radius 1 is 1.54 bits per heavy atom. The molecule has 3 nitrogen and oxygen atoms in total. The van der Waals surface area contributed by atoms with E-state index in [0.29, 0.717) is 0 Å². The van der Waals surface area contributed by atoms with E-state index in [2.05, 4.69) is 0 Å². The van der Waals surface area contributed by atoms with Crippen LogP contribution in [0.2, 0.25) is 0 Å². The maximum absolute atomic E-state index is 11.5. The van der Waals surface area contributed by atoms with Crippen molar-refractivity contribution in [3.63, 3.8) is 0 Å². The van der Waals surface area contributed by atoms with Crippen LogP contribution in [0.15, 0.2) is 0 Å². The van der Waals surface area contributed by atoms with Crippen molar-refractivity contribution in [2.75, 3.05) is 18.1 Å². The normalized spacial score (nSPS) is 18.5. The van der Waals surface area contributed by atoms with Crippen molar-refractivity contribution < 1.29 is 9.53 Å². The molecule has 1 heterocycles. The van der Waals surface area contributed by atoms with Gasteiger partial charge in [-0.25, -0.2) is 4.79 Å². The first-order valence-corrected chi connectivity index (χ1v) is 5.55. The van der Waals surface area contributed by atoms with Gasteiger partial charge in [-0.15, -0.1) is 0 Å². The smallest absolute Gasteiger partial charge is 0.410 e. The number of rotatable bonds is 0. The molecule has 1 fully saturated rings. The first-order valence-electron chi connectivity index (χ1n) is 4.40. The van der Waals surface area contributed by atoms with Crippen molar-refractivity contribution in [3.05, 3.63) is 6.54 Å². The second kappa shape index (κ2) is 4.22. The molecule has 0 atom stereocenters. The number of nitrogens with zero attached hydrogens (tertiary/aromatic N) is 1. The molecule has 0 unspecified atom stereocenters. The third-order valence-corrected chi connectivity index (χ3v) is 2.37. The van der Waals surface area contributed by atoms with Crippen LogP contribution in [0.5, 0.6) is 0 Å². The Morgan fingerprint density at radius 3 is 2.69 bits per heavy atom. The summed E-state index contributed by atoms with van der Waals surface area (Å²) in [7, 11) is 0. The van der Waals surface area contributed by atoms with Gasteiger partial charge in [0.05, 0.1) is 6.54 Å². The molecule has 1 aliphatic rings. The summed E-state index contributed by atoms with van der Waals surface area (Å²) < 4.78 is 5.22. The predicted molar refractivity (Wildman–Crippen MR) is 54.6 cm³/mol. The summed E-state index contributed by atoms with van der Waals surface area (Å²) in [5, 5.41) is 0. The molecule has 1 radical (unpaired) electrons. The lowest BCUT2D eigenvalue weighted by atomic mass is 10.2. The second-order valence-electron chi connectivity index (χ2n) is 3.93. The Morgan fingerprint density at radius 2 is 2.23 bits per heavy atom. The van der Waals surface area contributed by atoms with E-state index in [-0.39, 0.29) is 6.09 Å². The minimum absolute atomic E-state index is 0.229. The van der Waals surface area contributed by atoms with Gasteiger partial charge in [-0.2, -0.15) is 11.8 Å². The quantitative estimate of drug-likeness (QED) is 0.602. The first kappa shape index (κ1) is 10.7. The molecule has 13 heavy (non-hydrogen) atoms. The molecule has 0 aromatic heterocycles. The fraction of sp³-hybridized carbons (Fsp3) is 0.778. The molecule has 0 bridgehead atoms. The Kier molecular flexibility index (Phi) is 3.47. The average molecular weight is 202 g/mol. The standard InChI is InChI=1S/C9H16NO2S/c1-9(2,3)12-8(11)10-4-6-13-7-5-10/h4H,5-7H2,1-3H3. The average Bonchev–Trinajstić information content (AvgIpc) is 2.03. The highest BCUT2D eigenvalue weighted by Crippen LogP contribution is 2.16. The van der Waals surface area contributed by atoms with Crippen LogP contribution < -0.4 is 0 Å². The van der Waals surface area contributed by atoms with Crippen LogP contribution in [-0.4, -0.2) is 34.6 Å². The van der Waals surface area contributed by atoms with E-state index < -0.39 is 5.60 Å². The number of thioether (sulfide) groups is 1. The molecule has 1 rings (SSSR count). The third-order valence-electron chi connectivity index (χ3n) is 1.52. The number of carbonyl (C=O) groups is 1. The number of amides is 1. The largest absolute Gasteiger partial charge is 0.444 e. The van der Waals surface area contributed by atoms with Gasteiger partial charge in [0.2, 0.25) is 0 Å². The van der Waals surface area contributed by atoms with Crippen molar-refractivity contribution >= 4 is 17.9 Å². The zero-order valence-electron chi connectivity index (χ0n) is 8.37. The number of hydrogen-bond donors (Lipinski definition) is 0. The minimum Gasteiger partial charge on any atom is -0.444 e. The highest BCUT2D eigenvalue weighted by molar-refractivity contribution is 7.99. The van der Waals surface area contributed by atoms with Gasteiger partial charge in [-0.3, -0.25) is 0 Å². The second-order valence-corrected chi connectivity index (χ2v) is 5.08. The summed E-state index contributed by atoms with van der Waals surface area (Å²) in [6.07, 6.45) is -0.229. The van der Waals surface area contributed by atoms with Crippen molar-refractivity contribution in [2.24, 2.45) is 0 Å². The van der Waals surface area contributed by atoms with Gasteiger partial charge < -0.3 is 9.64 Å². The Bertz CT molecular complexity index is 183. The molecule has 0 aliphatic carbocycles. The van der Waals surface area contributed by atoms with Crippen LogP contribution in [0.4, 0.5) is 4.79 Å². The highest BCUT2D eigenvalue weighted by Gasteiger charge is 2.23. The summed E-state index contributed by atoms with van der Waals surface area (Å²) >= 11 is 1.83. The van der Waals surface area contributed by atoms with Crippen molar-refractivity contribution in [1.29, 1.82) is 0 Å². The van der Waals surface area contributed by atoms with Crippen LogP contribution in [0, 0.1) is 6.54 Å². The number of ether oxygens (including phenoxy) is 1. The maximum atomic E-state index is 11.5. The van der Waals surface area contributed by atoms with E-state index >= 15 is 0 Å². The summed E-state index contributed by atoms with van der Waals surface area (Å²) in [4.78, 5) is 13.1. The van der Waals surface area contributed by atoms with Gasteiger partial charge in [0.15, 0.2) is 0 Å². The molecular formula is C9H16NO2S. The van der Waals surface area contributed by atoms with Crippen LogP contribution in [0.25, 0.3) is 0 Å². The molecule has 75 valence electrons. The van der Waals surface area contributed by atoms with E-state index in [1.807, 2.05) is 39.1 Å². The van der Waals surface area contributed by atoms with Crippen LogP contribution in [-0.2, 0) is 4.74 Å². The van der Waals surface area contributed by atoms with E-state index in [1.165, 1.54) is 0 Å². The first-order chi connectivity index (χ1) is 5.99. The van der Waals surface area contributed by atoms with Gasteiger partial charge in [0, 0.05) is 18.1 Å². The zero-order valence-corrected chi connectivity index (χ0v) is 9.19. The van der Waals surface area contributed by atoms with E-state index in [0.717, 1.165) is 18.1 Å². The zero-order chi connectivity index (χ0) is 9.90. The predicted octanol–water partition coefficient (Wildman–Crippen LogP) is 2.13. The molecule has 4 heteroatoms. The van der Waals surface area contributed by atoms with Crippen molar-refractivity contribution in [3.8, 4) is 0 Å². The molecule has 1 saturated heterocycles. The van der Waals surface area contributed by atoms with Crippen molar-refractivity contribution in [2.45, 2.75) is 26.4 Å². The molecule has 1 aliphatic heterocycles. The fourth-order valence-electron chi connectivity index (χ4n) is 0.967. The lowest BCUT2D eigenvalue weighted by Gasteiger charge is -2.29. The minimum atomic E-state index is -0.393. The Hall–Kier alpha value is -0.380. The Labute approximate surface area is 83.8 Å². The van der Waals surface area contributed by atoms with Crippen LogP contribution in [0.1, 0.15) is 20.8 Å². The number of hydrogen-bond acceptors (Lipinski definition) is 3. The lowest BCUT2D eigenvalue weighted by Crippen LogP contribution is -2.38. The van der Waals surface area contributed by atoms with E-state index in [9.17, 15) is 4.79 Å². The fourth-order valence-corrected chi connectivity index (χ4v) is 1.74. The highest BCUT2D eigenvalue weighted by atomic mass is 32.2. The van der Waals surface area contributed by atoms with Crippen molar-refractivity contribution in [1.82, 2.24) is 4.90 Å². The summed E-state index contributed by atoms with van der Waals surface area (Å²) in [6.45, 7) is 8.29. The van der Waals surface area contributed by atoms with Gasteiger partial charge in [-0.05, 0) is 20.8 Å². The van der Waals surface area contributed by atoms with Crippen LogP contribution >= 0.6 is 11.8 Å².